The molecule has 0 bridgehead atoms. The smallest absolute Gasteiger partial charge is 0.246 e. The first-order valence-corrected chi connectivity index (χ1v) is 9.78. The number of hydrogen-bond donors (Lipinski definition) is 0. The summed E-state index contributed by atoms with van der Waals surface area (Å²) in [6.45, 7) is 1.76. The average Bonchev–Trinajstić information content (AvgIpc) is 2.74. The van der Waals surface area contributed by atoms with E-state index < -0.39 is 0 Å². The third kappa shape index (κ3) is 6.51. The zero-order valence-corrected chi connectivity index (χ0v) is 18.4. The summed E-state index contributed by atoms with van der Waals surface area (Å²) >= 11 is 6.25. The molecule has 0 atom stereocenters. The Kier molecular flexibility index (Phi) is 8.72. The quantitative estimate of drug-likeness (QED) is 0.569. The molecule has 7 heteroatoms. The van der Waals surface area contributed by atoms with Gasteiger partial charge in [-0.15, -0.1) is 0 Å². The van der Waals surface area contributed by atoms with Crippen LogP contribution in [0.2, 0.25) is 5.02 Å². The van der Waals surface area contributed by atoms with Crippen molar-refractivity contribution in [3.8, 4) is 17.6 Å². The van der Waals surface area contributed by atoms with Gasteiger partial charge in [-0.25, -0.2) is 0 Å². The molecule has 0 N–H and O–H groups in total. The molecule has 6 nitrogen and oxygen atoms in total. The first-order chi connectivity index (χ1) is 14.4. The molecule has 0 aliphatic rings. The van der Waals surface area contributed by atoms with E-state index in [1.54, 1.807) is 35.2 Å². The van der Waals surface area contributed by atoms with Crippen molar-refractivity contribution in [2.45, 2.75) is 6.54 Å². The largest absolute Gasteiger partial charge is 0.493 e. The van der Waals surface area contributed by atoms with Crippen LogP contribution in [0.1, 0.15) is 16.7 Å². The van der Waals surface area contributed by atoms with E-state index in [2.05, 4.69) is 6.07 Å². The molecule has 2 aromatic rings. The Morgan fingerprint density at radius 3 is 2.40 bits per heavy atom. The van der Waals surface area contributed by atoms with Gasteiger partial charge < -0.3 is 19.3 Å². The number of hydrogen-bond acceptors (Lipinski definition) is 5. The summed E-state index contributed by atoms with van der Waals surface area (Å²) in [6, 6.07) is 12.8. The number of methoxy groups -OCH3 is 2. The summed E-state index contributed by atoms with van der Waals surface area (Å²) in [7, 11) is 6.99. The number of nitrogens with zero attached hydrogens (tertiary/aromatic N) is 3. The van der Waals surface area contributed by atoms with Gasteiger partial charge in [-0.05, 0) is 55.6 Å². The van der Waals surface area contributed by atoms with Crippen LogP contribution in [-0.2, 0) is 11.3 Å². The Morgan fingerprint density at radius 2 is 1.83 bits per heavy atom. The number of rotatable bonds is 9. The van der Waals surface area contributed by atoms with E-state index in [1.807, 2.05) is 31.1 Å². The van der Waals surface area contributed by atoms with Crippen molar-refractivity contribution in [1.82, 2.24) is 9.80 Å². The van der Waals surface area contributed by atoms with Gasteiger partial charge in [0.15, 0.2) is 11.5 Å². The van der Waals surface area contributed by atoms with Crippen LogP contribution in [0, 0.1) is 11.3 Å². The van der Waals surface area contributed by atoms with E-state index in [0.29, 0.717) is 35.2 Å². The molecule has 2 aromatic carbocycles. The standard InChI is InChI=1S/C23H26ClN3O3/c1-26(2)11-12-27(16-18-7-5-17(15-25)6-8-18)22(28)10-9-19-13-20(24)23(30-4)21(14-19)29-3/h5-10,13-14H,11-12,16H2,1-4H3/b10-9+. The SMILES string of the molecule is COc1cc(/C=C/C(=O)N(CCN(C)C)Cc2ccc(C#N)cc2)cc(Cl)c1OC. The number of halogens is 1. The average molecular weight is 428 g/mol. The predicted molar refractivity (Wildman–Crippen MR) is 119 cm³/mol. The molecule has 0 heterocycles. The van der Waals surface area contributed by atoms with Gasteiger partial charge in [-0.1, -0.05) is 23.7 Å². The van der Waals surface area contributed by atoms with Gasteiger partial charge >= 0.3 is 0 Å². The molecular weight excluding hydrogens is 402 g/mol. The van der Waals surface area contributed by atoms with Crippen molar-refractivity contribution in [1.29, 1.82) is 5.26 Å². The molecule has 0 radical (unpaired) electrons. The Bertz CT molecular complexity index is 934. The van der Waals surface area contributed by atoms with Crippen LogP contribution in [0.5, 0.6) is 11.5 Å². The molecule has 0 spiro atoms. The molecule has 0 aliphatic heterocycles. The second-order valence-electron chi connectivity index (χ2n) is 6.94. The van der Waals surface area contributed by atoms with Crippen LogP contribution >= 0.6 is 11.6 Å². The van der Waals surface area contributed by atoms with Gasteiger partial charge in [-0.2, -0.15) is 5.26 Å². The maximum atomic E-state index is 12.9. The highest BCUT2D eigenvalue weighted by Crippen LogP contribution is 2.36. The number of carbonyl (C=O) groups is 1. The molecule has 158 valence electrons. The Labute approximate surface area is 182 Å². The fourth-order valence-electron chi connectivity index (χ4n) is 2.80. The maximum Gasteiger partial charge on any atom is 0.246 e. The lowest BCUT2D eigenvalue weighted by Gasteiger charge is -2.23. The molecule has 0 saturated heterocycles. The van der Waals surface area contributed by atoms with Gasteiger partial charge in [0.05, 0.1) is 30.9 Å². The van der Waals surface area contributed by atoms with Gasteiger partial charge in [0.1, 0.15) is 0 Å². The van der Waals surface area contributed by atoms with E-state index in [-0.39, 0.29) is 5.91 Å². The fraction of sp³-hybridized carbons (Fsp3) is 0.304. The third-order valence-electron chi connectivity index (χ3n) is 4.46. The molecule has 0 unspecified atom stereocenters. The molecule has 0 saturated carbocycles. The van der Waals surface area contributed by atoms with Crippen LogP contribution in [0.25, 0.3) is 6.08 Å². The van der Waals surface area contributed by atoms with Gasteiger partial charge in [0.25, 0.3) is 0 Å². The first-order valence-electron chi connectivity index (χ1n) is 9.40. The number of carbonyl (C=O) groups excluding carboxylic acids is 1. The number of benzene rings is 2. The number of amides is 1. The number of ether oxygens (including phenoxy) is 2. The van der Waals surface area contributed by atoms with E-state index in [1.165, 1.54) is 20.3 Å². The van der Waals surface area contributed by atoms with Crippen molar-refractivity contribution in [2.24, 2.45) is 0 Å². The molecule has 2 rings (SSSR count). The molecule has 1 amide bonds. The normalized spacial score (nSPS) is 10.8. The Balaban J connectivity index is 2.20. The molecule has 0 aliphatic carbocycles. The third-order valence-corrected chi connectivity index (χ3v) is 4.74. The topological polar surface area (TPSA) is 65.8 Å². The van der Waals surface area contributed by atoms with Crippen molar-refractivity contribution in [3.63, 3.8) is 0 Å². The second-order valence-corrected chi connectivity index (χ2v) is 7.35. The van der Waals surface area contributed by atoms with Gasteiger partial charge in [0.2, 0.25) is 5.91 Å². The van der Waals surface area contributed by atoms with Gasteiger partial charge in [0, 0.05) is 25.7 Å². The summed E-state index contributed by atoms with van der Waals surface area (Å²) in [5, 5.41) is 9.36. The molecular formula is C23H26ClN3O3. The minimum absolute atomic E-state index is 0.118. The fourth-order valence-corrected chi connectivity index (χ4v) is 3.10. The highest BCUT2D eigenvalue weighted by Gasteiger charge is 2.13. The lowest BCUT2D eigenvalue weighted by Crippen LogP contribution is -2.35. The molecule has 0 fully saturated rings. The van der Waals surface area contributed by atoms with E-state index in [9.17, 15) is 4.79 Å². The second kappa shape index (κ2) is 11.2. The summed E-state index contributed by atoms with van der Waals surface area (Å²) in [5.41, 5.74) is 2.29. The summed E-state index contributed by atoms with van der Waals surface area (Å²) < 4.78 is 10.5. The predicted octanol–water partition coefficient (Wildman–Crippen LogP) is 3.83. The maximum absolute atomic E-state index is 12.9. The lowest BCUT2D eigenvalue weighted by atomic mass is 10.1. The van der Waals surface area contributed by atoms with Crippen LogP contribution in [-0.4, -0.2) is 57.1 Å². The Morgan fingerprint density at radius 1 is 1.13 bits per heavy atom. The number of nitriles is 1. The minimum Gasteiger partial charge on any atom is -0.493 e. The zero-order valence-electron chi connectivity index (χ0n) is 17.7. The highest BCUT2D eigenvalue weighted by molar-refractivity contribution is 6.32. The summed E-state index contributed by atoms with van der Waals surface area (Å²) in [6.07, 6.45) is 3.23. The van der Waals surface area contributed by atoms with Crippen molar-refractivity contribution in [2.75, 3.05) is 41.4 Å². The minimum atomic E-state index is -0.118. The lowest BCUT2D eigenvalue weighted by molar-refractivity contribution is -0.126. The molecule has 30 heavy (non-hydrogen) atoms. The van der Waals surface area contributed by atoms with Crippen LogP contribution in [0.15, 0.2) is 42.5 Å². The van der Waals surface area contributed by atoms with Crippen molar-refractivity contribution >= 4 is 23.6 Å². The zero-order chi connectivity index (χ0) is 22.1. The van der Waals surface area contributed by atoms with Gasteiger partial charge in [-0.3, -0.25) is 4.79 Å². The van der Waals surface area contributed by atoms with Crippen molar-refractivity contribution in [3.05, 3.63) is 64.2 Å². The van der Waals surface area contributed by atoms with Crippen LogP contribution in [0.4, 0.5) is 0 Å². The van der Waals surface area contributed by atoms with Crippen molar-refractivity contribution < 1.29 is 14.3 Å². The number of likely N-dealkylation sites (N-methyl/N-ethyl adjacent to an activating group) is 1. The highest BCUT2D eigenvalue weighted by atomic mass is 35.5. The molecule has 0 aromatic heterocycles. The van der Waals surface area contributed by atoms with Crippen LogP contribution in [0.3, 0.4) is 0 Å². The monoisotopic (exact) mass is 427 g/mol. The summed E-state index contributed by atoms with van der Waals surface area (Å²) in [5.74, 6) is 0.835. The van der Waals surface area contributed by atoms with E-state index in [4.69, 9.17) is 26.3 Å². The first kappa shape index (κ1) is 23.3. The van der Waals surface area contributed by atoms with E-state index in [0.717, 1.165) is 17.7 Å². The summed E-state index contributed by atoms with van der Waals surface area (Å²) in [4.78, 5) is 16.7. The Hall–Kier alpha value is -3.01. The van der Waals surface area contributed by atoms with Crippen LogP contribution < -0.4 is 9.47 Å². The van der Waals surface area contributed by atoms with E-state index >= 15 is 0 Å².